The van der Waals surface area contributed by atoms with Crippen LogP contribution in [0.2, 0.25) is 0 Å². The van der Waals surface area contributed by atoms with Crippen LogP contribution in [0.1, 0.15) is 71.1 Å². The number of nitrogens with two attached hydrogens (primary N) is 1. The van der Waals surface area contributed by atoms with E-state index in [1.807, 2.05) is 0 Å². The number of phosphoric ester groups is 1. The van der Waals surface area contributed by atoms with E-state index in [9.17, 15) is 19.4 Å². The number of rotatable bonds is 22. The summed E-state index contributed by atoms with van der Waals surface area (Å²) in [5.74, 6) is -0.412. The Morgan fingerprint density at radius 2 is 1.47 bits per heavy atom. The van der Waals surface area contributed by atoms with E-state index in [1.54, 1.807) is 0 Å². The van der Waals surface area contributed by atoms with Gasteiger partial charge in [0.2, 0.25) is 0 Å². The molecule has 0 radical (unpaired) electrons. The molecule has 0 aromatic rings. The number of unbranched alkanes of at least 4 members (excludes halogenated alkanes) is 4. The Morgan fingerprint density at radius 1 is 0.882 bits per heavy atom. The van der Waals surface area contributed by atoms with E-state index in [2.05, 4.69) is 64.6 Å². The number of carbonyl (C=O) groups is 1. The third-order valence-corrected chi connectivity index (χ3v) is 5.44. The van der Waals surface area contributed by atoms with E-state index in [4.69, 9.17) is 10.5 Å². The van der Waals surface area contributed by atoms with Gasteiger partial charge in [-0.1, -0.05) is 68.4 Å². The van der Waals surface area contributed by atoms with Crippen LogP contribution in [0.15, 0.2) is 48.6 Å². The Morgan fingerprint density at radius 3 is 2.09 bits per heavy atom. The van der Waals surface area contributed by atoms with Crippen molar-refractivity contribution < 1.29 is 33.1 Å². The SMILES string of the molecule is CC/C=C\C/C=C\C/C=C\C/C=C\CCCCCCC(=O)OC[C@@H](O)COP(=O)(O)OCCN. The molecule has 0 heterocycles. The molecule has 0 amide bonds. The van der Waals surface area contributed by atoms with E-state index in [-0.39, 0.29) is 26.2 Å². The van der Waals surface area contributed by atoms with Crippen LogP contribution in [-0.4, -0.2) is 48.4 Å². The Kier molecular flexibility index (Phi) is 22.2. The van der Waals surface area contributed by atoms with Gasteiger partial charge in [0.05, 0.1) is 13.2 Å². The van der Waals surface area contributed by atoms with Crippen LogP contribution in [0.25, 0.3) is 0 Å². The van der Waals surface area contributed by atoms with Crippen molar-refractivity contribution in [2.75, 3.05) is 26.4 Å². The molecule has 0 aromatic carbocycles. The van der Waals surface area contributed by atoms with E-state index >= 15 is 0 Å². The number of aliphatic hydroxyl groups excluding tert-OH is 1. The number of phosphoric acid groups is 1. The molecule has 0 saturated heterocycles. The first-order valence-corrected chi connectivity index (χ1v) is 13.7. The van der Waals surface area contributed by atoms with Crippen LogP contribution < -0.4 is 5.73 Å². The largest absolute Gasteiger partial charge is 0.472 e. The first-order valence-electron chi connectivity index (χ1n) is 12.2. The summed E-state index contributed by atoms with van der Waals surface area (Å²) in [6.45, 7) is 1.28. The molecular weight excluding hydrogens is 457 g/mol. The molecule has 2 atom stereocenters. The number of esters is 1. The number of aliphatic hydroxyl groups is 1. The molecule has 0 aliphatic carbocycles. The van der Waals surface area contributed by atoms with Crippen LogP contribution in [0.4, 0.5) is 0 Å². The van der Waals surface area contributed by atoms with Crippen molar-refractivity contribution in [1.82, 2.24) is 0 Å². The normalized spacial score (nSPS) is 15.1. The molecule has 9 heteroatoms. The lowest BCUT2D eigenvalue weighted by Crippen LogP contribution is -2.23. The highest BCUT2D eigenvalue weighted by Gasteiger charge is 2.22. The highest BCUT2D eigenvalue weighted by molar-refractivity contribution is 7.47. The second kappa shape index (κ2) is 23.2. The van der Waals surface area contributed by atoms with E-state index < -0.39 is 26.5 Å². The number of ether oxygens (including phenoxy) is 1. The number of hydrogen-bond donors (Lipinski definition) is 3. The van der Waals surface area contributed by atoms with Gasteiger partial charge < -0.3 is 20.5 Å². The van der Waals surface area contributed by atoms with Crippen molar-refractivity contribution in [1.29, 1.82) is 0 Å². The monoisotopic (exact) mass is 501 g/mol. The molecular formula is C25H44NO7P. The molecule has 0 bridgehead atoms. The predicted molar refractivity (Wildman–Crippen MR) is 136 cm³/mol. The average Bonchev–Trinajstić information content (AvgIpc) is 2.82. The molecule has 0 aliphatic rings. The summed E-state index contributed by atoms with van der Waals surface area (Å²) < 4.78 is 25.5. The molecule has 0 rings (SSSR count). The van der Waals surface area contributed by atoms with Crippen LogP contribution in [0.5, 0.6) is 0 Å². The lowest BCUT2D eigenvalue weighted by Gasteiger charge is -2.15. The van der Waals surface area contributed by atoms with Crippen molar-refractivity contribution in [3.05, 3.63) is 48.6 Å². The lowest BCUT2D eigenvalue weighted by molar-refractivity contribution is -0.147. The van der Waals surface area contributed by atoms with Crippen molar-refractivity contribution in [3.8, 4) is 0 Å². The molecule has 196 valence electrons. The summed E-state index contributed by atoms with van der Waals surface area (Å²) in [4.78, 5) is 21.0. The fourth-order valence-corrected chi connectivity index (χ4v) is 3.45. The standard InChI is InChI=1S/C25H44NO7P/c1-2-3-4-5-6-7-8-9-10-11-12-13-14-15-16-17-18-19-25(28)31-22-24(27)23-33-34(29,30)32-21-20-26/h3-4,6-7,9-10,12-13,24,27H,2,5,8,11,14-23,26H2,1H3,(H,29,30)/b4-3-,7-6-,10-9-,13-12-/t24-/m1/s1. The summed E-state index contributed by atoms with van der Waals surface area (Å²) in [6.07, 6.45) is 25.3. The fraction of sp³-hybridized carbons (Fsp3) is 0.640. The topological polar surface area (TPSA) is 128 Å². The molecule has 4 N–H and O–H groups in total. The van der Waals surface area contributed by atoms with Gasteiger partial charge >= 0.3 is 13.8 Å². The summed E-state index contributed by atoms with van der Waals surface area (Å²) in [7, 11) is -4.25. The van der Waals surface area contributed by atoms with Crippen LogP contribution in [0, 0.1) is 0 Å². The molecule has 0 aromatic heterocycles. The second-order valence-corrected chi connectivity index (χ2v) is 9.13. The number of allylic oxidation sites excluding steroid dienone is 8. The van der Waals surface area contributed by atoms with E-state index in [0.29, 0.717) is 0 Å². The summed E-state index contributed by atoms with van der Waals surface area (Å²) >= 11 is 0. The number of hydrogen-bond acceptors (Lipinski definition) is 7. The highest BCUT2D eigenvalue weighted by atomic mass is 31.2. The molecule has 0 aliphatic heterocycles. The Balaban J connectivity index is 3.60. The summed E-state index contributed by atoms with van der Waals surface area (Å²) in [6, 6.07) is 0. The predicted octanol–water partition coefficient (Wildman–Crippen LogP) is 5.13. The van der Waals surface area contributed by atoms with Gasteiger partial charge in [-0.25, -0.2) is 4.57 Å². The van der Waals surface area contributed by atoms with Gasteiger partial charge in [0.25, 0.3) is 0 Å². The van der Waals surface area contributed by atoms with Gasteiger partial charge in [-0.15, -0.1) is 0 Å². The molecule has 0 fully saturated rings. The molecule has 0 spiro atoms. The minimum absolute atomic E-state index is 0.0680. The molecule has 0 saturated carbocycles. The van der Waals surface area contributed by atoms with E-state index in [1.165, 1.54) is 0 Å². The Bertz CT molecular complexity index is 662. The zero-order valence-electron chi connectivity index (χ0n) is 20.6. The van der Waals surface area contributed by atoms with E-state index in [0.717, 1.165) is 57.8 Å². The minimum atomic E-state index is -4.25. The first kappa shape index (κ1) is 32.5. The zero-order valence-corrected chi connectivity index (χ0v) is 21.5. The van der Waals surface area contributed by atoms with Crippen molar-refractivity contribution in [2.24, 2.45) is 5.73 Å². The highest BCUT2D eigenvalue weighted by Crippen LogP contribution is 2.42. The van der Waals surface area contributed by atoms with Gasteiger partial charge in [-0.3, -0.25) is 13.8 Å². The van der Waals surface area contributed by atoms with Gasteiger partial charge in [0.15, 0.2) is 0 Å². The van der Waals surface area contributed by atoms with Crippen LogP contribution in [-0.2, 0) is 23.1 Å². The third-order valence-electron chi connectivity index (χ3n) is 4.46. The molecule has 8 nitrogen and oxygen atoms in total. The van der Waals surface area contributed by atoms with Gasteiger partial charge in [0.1, 0.15) is 12.7 Å². The average molecular weight is 502 g/mol. The minimum Gasteiger partial charge on any atom is -0.463 e. The van der Waals surface area contributed by atoms with Gasteiger partial charge in [-0.05, 0) is 44.9 Å². The van der Waals surface area contributed by atoms with Crippen molar-refractivity contribution in [3.63, 3.8) is 0 Å². The Labute approximate surface area is 205 Å². The Hall–Kier alpha value is -1.54. The van der Waals surface area contributed by atoms with Gasteiger partial charge in [-0.2, -0.15) is 0 Å². The van der Waals surface area contributed by atoms with Crippen molar-refractivity contribution >= 4 is 13.8 Å². The fourth-order valence-electron chi connectivity index (χ4n) is 2.68. The third kappa shape index (κ3) is 23.6. The maximum atomic E-state index is 11.7. The first-order chi connectivity index (χ1) is 16.4. The van der Waals surface area contributed by atoms with Crippen LogP contribution >= 0.6 is 7.82 Å². The maximum Gasteiger partial charge on any atom is 0.472 e. The van der Waals surface area contributed by atoms with Crippen LogP contribution in [0.3, 0.4) is 0 Å². The summed E-state index contributed by atoms with van der Waals surface area (Å²) in [5.41, 5.74) is 5.17. The summed E-state index contributed by atoms with van der Waals surface area (Å²) in [5, 5.41) is 9.68. The molecule has 34 heavy (non-hydrogen) atoms. The quantitative estimate of drug-likeness (QED) is 0.0806. The van der Waals surface area contributed by atoms with Crippen molar-refractivity contribution in [2.45, 2.75) is 77.2 Å². The molecule has 1 unspecified atom stereocenters. The maximum absolute atomic E-state index is 11.7. The lowest BCUT2D eigenvalue weighted by atomic mass is 10.1. The smallest absolute Gasteiger partial charge is 0.463 e. The second-order valence-electron chi connectivity index (χ2n) is 7.68. The zero-order chi connectivity index (χ0) is 25.3. The van der Waals surface area contributed by atoms with Gasteiger partial charge in [0, 0.05) is 13.0 Å². The number of carbonyl (C=O) groups excluding carboxylic acids is 1.